The van der Waals surface area contributed by atoms with Crippen molar-refractivity contribution >= 4 is 17.3 Å². The SMILES string of the molecule is CN1CCc2sc(C(N)C(=O)O)cc2C1. The van der Waals surface area contributed by atoms with Crippen LogP contribution in [-0.2, 0) is 17.8 Å². The molecule has 0 fully saturated rings. The van der Waals surface area contributed by atoms with Crippen LogP contribution in [0.3, 0.4) is 0 Å². The van der Waals surface area contributed by atoms with Gasteiger partial charge in [-0.05, 0) is 25.1 Å². The number of nitrogens with zero attached hydrogens (tertiary/aromatic N) is 1. The molecule has 0 saturated heterocycles. The molecule has 1 aliphatic heterocycles. The summed E-state index contributed by atoms with van der Waals surface area (Å²) in [4.78, 5) is 15.0. The van der Waals surface area contributed by atoms with E-state index >= 15 is 0 Å². The first-order chi connectivity index (χ1) is 7.08. The zero-order valence-corrected chi connectivity index (χ0v) is 9.38. The molecular formula is C10H14N2O2S. The lowest BCUT2D eigenvalue weighted by atomic mass is 10.1. The summed E-state index contributed by atoms with van der Waals surface area (Å²) in [5, 5.41) is 8.82. The van der Waals surface area contributed by atoms with Gasteiger partial charge in [0.25, 0.3) is 0 Å². The Labute approximate surface area is 92.3 Å². The summed E-state index contributed by atoms with van der Waals surface area (Å²) in [6.07, 6.45) is 1.00. The van der Waals surface area contributed by atoms with Crippen LogP contribution in [0.2, 0.25) is 0 Å². The first-order valence-corrected chi connectivity index (χ1v) is 5.68. The Hall–Kier alpha value is -0.910. The third kappa shape index (κ3) is 2.04. The van der Waals surface area contributed by atoms with E-state index in [0.29, 0.717) is 0 Å². The number of aliphatic carboxylic acids is 1. The summed E-state index contributed by atoms with van der Waals surface area (Å²) in [5.41, 5.74) is 6.82. The van der Waals surface area contributed by atoms with Gasteiger partial charge in [-0.15, -0.1) is 11.3 Å². The Bertz CT molecular complexity index is 389. The molecule has 0 spiro atoms. The lowest BCUT2D eigenvalue weighted by molar-refractivity contribution is -0.138. The van der Waals surface area contributed by atoms with Crippen molar-refractivity contribution in [1.29, 1.82) is 0 Å². The molecule has 15 heavy (non-hydrogen) atoms. The van der Waals surface area contributed by atoms with Gasteiger partial charge in [0.15, 0.2) is 0 Å². The minimum atomic E-state index is -0.957. The number of nitrogens with two attached hydrogens (primary N) is 1. The van der Waals surface area contributed by atoms with Gasteiger partial charge < -0.3 is 15.7 Å². The van der Waals surface area contributed by atoms with Crippen LogP contribution >= 0.6 is 11.3 Å². The van der Waals surface area contributed by atoms with Crippen molar-refractivity contribution in [2.24, 2.45) is 5.73 Å². The number of rotatable bonds is 2. The molecule has 2 heterocycles. The van der Waals surface area contributed by atoms with Crippen LogP contribution in [0.5, 0.6) is 0 Å². The number of fused-ring (bicyclic) bond motifs is 1. The van der Waals surface area contributed by atoms with E-state index in [1.807, 2.05) is 6.07 Å². The lowest BCUT2D eigenvalue weighted by Gasteiger charge is -2.21. The molecule has 0 amide bonds. The van der Waals surface area contributed by atoms with Crippen molar-refractivity contribution in [1.82, 2.24) is 4.90 Å². The fourth-order valence-electron chi connectivity index (χ4n) is 1.77. The van der Waals surface area contributed by atoms with Crippen LogP contribution in [0.25, 0.3) is 0 Å². The topological polar surface area (TPSA) is 66.6 Å². The van der Waals surface area contributed by atoms with Crippen LogP contribution < -0.4 is 5.73 Å². The van der Waals surface area contributed by atoms with Crippen molar-refractivity contribution in [3.63, 3.8) is 0 Å². The van der Waals surface area contributed by atoms with E-state index in [1.165, 1.54) is 10.4 Å². The number of carboxylic acid groups (broad SMARTS) is 1. The normalized spacial score (nSPS) is 18.5. The minimum absolute atomic E-state index is 0.766. The first-order valence-electron chi connectivity index (χ1n) is 4.86. The second-order valence-electron chi connectivity index (χ2n) is 3.90. The van der Waals surface area contributed by atoms with Crippen LogP contribution in [0.15, 0.2) is 6.07 Å². The summed E-state index contributed by atoms with van der Waals surface area (Å²) in [6, 6.07) is 1.07. The van der Waals surface area contributed by atoms with Gasteiger partial charge in [-0.1, -0.05) is 0 Å². The second kappa shape index (κ2) is 3.92. The largest absolute Gasteiger partial charge is 0.480 e. The molecule has 5 heteroatoms. The van der Waals surface area contributed by atoms with Crippen molar-refractivity contribution < 1.29 is 9.90 Å². The van der Waals surface area contributed by atoms with Crippen molar-refractivity contribution in [3.05, 3.63) is 21.4 Å². The molecular weight excluding hydrogens is 212 g/mol. The quantitative estimate of drug-likeness (QED) is 0.783. The van der Waals surface area contributed by atoms with E-state index in [2.05, 4.69) is 11.9 Å². The van der Waals surface area contributed by atoms with E-state index in [9.17, 15) is 4.79 Å². The van der Waals surface area contributed by atoms with Gasteiger partial charge in [-0.2, -0.15) is 0 Å². The van der Waals surface area contributed by atoms with Gasteiger partial charge in [0.1, 0.15) is 6.04 Å². The van der Waals surface area contributed by atoms with Crippen molar-refractivity contribution in [2.45, 2.75) is 19.0 Å². The Balaban J connectivity index is 2.26. The number of likely N-dealkylation sites (N-methyl/N-ethyl adjacent to an activating group) is 1. The van der Waals surface area contributed by atoms with Crippen LogP contribution in [-0.4, -0.2) is 29.6 Å². The highest BCUT2D eigenvalue weighted by Gasteiger charge is 2.22. The summed E-state index contributed by atoms with van der Waals surface area (Å²) < 4.78 is 0. The molecule has 4 nitrogen and oxygen atoms in total. The first kappa shape index (κ1) is 10.6. The molecule has 0 aromatic carbocycles. The predicted octanol–water partition coefficient (Wildman–Crippen LogP) is 0.820. The molecule has 2 rings (SSSR count). The van der Waals surface area contributed by atoms with Gasteiger partial charge >= 0.3 is 5.97 Å². The van der Waals surface area contributed by atoms with E-state index < -0.39 is 12.0 Å². The van der Waals surface area contributed by atoms with E-state index in [4.69, 9.17) is 10.8 Å². The molecule has 1 aromatic rings. The molecule has 3 N–H and O–H groups in total. The number of carboxylic acids is 1. The zero-order valence-electron chi connectivity index (χ0n) is 8.56. The highest BCUT2D eigenvalue weighted by atomic mass is 32.1. The molecule has 0 aliphatic carbocycles. The van der Waals surface area contributed by atoms with Crippen LogP contribution in [0, 0.1) is 0 Å². The molecule has 0 saturated carbocycles. The molecule has 0 bridgehead atoms. The average Bonchev–Trinajstić information content (AvgIpc) is 2.58. The van der Waals surface area contributed by atoms with Gasteiger partial charge in [0.05, 0.1) is 0 Å². The summed E-state index contributed by atoms with van der Waals surface area (Å²) >= 11 is 1.54. The average molecular weight is 226 g/mol. The van der Waals surface area contributed by atoms with Gasteiger partial charge in [0, 0.05) is 22.8 Å². The summed E-state index contributed by atoms with van der Waals surface area (Å²) in [6.45, 7) is 1.94. The smallest absolute Gasteiger partial charge is 0.325 e. The zero-order chi connectivity index (χ0) is 11.0. The lowest BCUT2D eigenvalue weighted by Crippen LogP contribution is -2.25. The Morgan fingerprint density at radius 1 is 1.73 bits per heavy atom. The molecule has 1 aliphatic rings. The second-order valence-corrected chi connectivity index (χ2v) is 5.07. The Morgan fingerprint density at radius 2 is 2.47 bits per heavy atom. The minimum Gasteiger partial charge on any atom is -0.480 e. The highest BCUT2D eigenvalue weighted by Crippen LogP contribution is 2.30. The van der Waals surface area contributed by atoms with Gasteiger partial charge in [-0.25, -0.2) is 0 Å². The van der Waals surface area contributed by atoms with E-state index in [-0.39, 0.29) is 0 Å². The monoisotopic (exact) mass is 226 g/mol. The number of thiophene rings is 1. The summed E-state index contributed by atoms with van der Waals surface area (Å²) in [5.74, 6) is -0.957. The molecule has 1 unspecified atom stereocenters. The van der Waals surface area contributed by atoms with E-state index in [1.54, 1.807) is 11.3 Å². The number of hydrogen-bond acceptors (Lipinski definition) is 4. The van der Waals surface area contributed by atoms with Gasteiger partial charge in [-0.3, -0.25) is 4.79 Å². The number of carbonyl (C=O) groups is 1. The third-order valence-corrected chi connectivity index (χ3v) is 3.97. The van der Waals surface area contributed by atoms with Crippen molar-refractivity contribution in [3.8, 4) is 0 Å². The third-order valence-electron chi connectivity index (χ3n) is 2.65. The predicted molar refractivity (Wildman–Crippen MR) is 58.9 cm³/mol. The Morgan fingerprint density at radius 3 is 3.13 bits per heavy atom. The molecule has 82 valence electrons. The fraction of sp³-hybridized carbons (Fsp3) is 0.500. The van der Waals surface area contributed by atoms with Crippen LogP contribution in [0.1, 0.15) is 21.4 Å². The van der Waals surface area contributed by atoms with E-state index in [0.717, 1.165) is 24.4 Å². The molecule has 0 radical (unpaired) electrons. The standard InChI is InChI=1S/C10H14N2O2S/c1-12-3-2-7-6(5-12)4-8(15-7)9(11)10(13)14/h4,9H,2-3,5,11H2,1H3,(H,13,14). The maximum Gasteiger partial charge on any atom is 0.325 e. The van der Waals surface area contributed by atoms with Crippen molar-refractivity contribution in [2.75, 3.05) is 13.6 Å². The number of hydrogen-bond donors (Lipinski definition) is 2. The maximum atomic E-state index is 10.7. The Kier molecular flexibility index (Phi) is 2.77. The van der Waals surface area contributed by atoms with Crippen LogP contribution in [0.4, 0.5) is 0 Å². The molecule has 1 atom stereocenters. The maximum absolute atomic E-state index is 10.7. The van der Waals surface area contributed by atoms with Gasteiger partial charge in [0.2, 0.25) is 0 Å². The highest BCUT2D eigenvalue weighted by molar-refractivity contribution is 7.12. The fourth-order valence-corrected chi connectivity index (χ4v) is 2.93. The summed E-state index contributed by atoms with van der Waals surface area (Å²) in [7, 11) is 2.07. The molecule has 1 aromatic heterocycles.